The highest BCUT2D eigenvalue weighted by molar-refractivity contribution is 5.69. The third-order valence-corrected chi connectivity index (χ3v) is 2.03. The molecule has 0 rings (SSSR count). The minimum absolute atomic E-state index is 0.164. The molecule has 0 aromatic rings. The predicted octanol–water partition coefficient (Wildman–Crippen LogP) is 1.79. The third-order valence-electron chi connectivity index (χ3n) is 2.03. The van der Waals surface area contributed by atoms with Crippen LogP contribution in [0.15, 0.2) is 0 Å². The van der Waals surface area contributed by atoms with E-state index in [2.05, 4.69) is 0 Å². The highest BCUT2D eigenvalue weighted by Gasteiger charge is 2.00. The highest BCUT2D eigenvalue weighted by atomic mass is 16.5. The molecule has 0 fully saturated rings. The van der Waals surface area contributed by atoms with Crippen LogP contribution in [0.3, 0.4) is 0 Å². The number of hydrogen-bond donors (Lipinski definition) is 0. The number of carbonyl (C=O) groups is 1. The van der Waals surface area contributed by atoms with E-state index in [1.165, 1.54) is 0 Å². The summed E-state index contributed by atoms with van der Waals surface area (Å²) in [5, 5.41) is 0. The molecule has 0 aromatic carbocycles. The van der Waals surface area contributed by atoms with Crippen LogP contribution in [0.4, 0.5) is 0 Å². The van der Waals surface area contributed by atoms with Gasteiger partial charge in [-0.3, -0.25) is 4.79 Å². The quantitative estimate of drug-likeness (QED) is 0.396. The molecule has 0 atom stereocenters. The summed E-state index contributed by atoms with van der Waals surface area (Å²) in [6.07, 6.45) is 1.35. The van der Waals surface area contributed by atoms with Crippen molar-refractivity contribution in [1.29, 1.82) is 0 Å². The summed E-state index contributed by atoms with van der Waals surface area (Å²) in [6, 6.07) is 0. The fraction of sp³-hybridized carbons (Fsp3) is 0.923. The molecule has 18 heavy (non-hydrogen) atoms. The van der Waals surface area contributed by atoms with E-state index in [9.17, 15) is 4.79 Å². The summed E-state index contributed by atoms with van der Waals surface area (Å²) in [5.41, 5.74) is 0. The first kappa shape index (κ1) is 17.4. The van der Waals surface area contributed by atoms with Crippen LogP contribution in [-0.2, 0) is 23.7 Å². The van der Waals surface area contributed by atoms with Crippen molar-refractivity contribution in [3.8, 4) is 0 Å². The molecule has 5 nitrogen and oxygen atoms in total. The minimum atomic E-state index is -0.164. The summed E-state index contributed by atoms with van der Waals surface area (Å²) in [5.74, 6) is -0.164. The summed E-state index contributed by atoms with van der Waals surface area (Å²) in [4.78, 5) is 11.0. The van der Waals surface area contributed by atoms with Crippen molar-refractivity contribution < 1.29 is 23.7 Å². The summed E-state index contributed by atoms with van der Waals surface area (Å²) in [6.45, 7) is 9.08. The zero-order chi connectivity index (χ0) is 13.6. The fourth-order valence-electron chi connectivity index (χ4n) is 1.22. The van der Waals surface area contributed by atoms with Gasteiger partial charge in [-0.15, -0.1) is 0 Å². The van der Waals surface area contributed by atoms with Gasteiger partial charge in [0.15, 0.2) is 0 Å². The van der Waals surface area contributed by atoms with E-state index < -0.39 is 0 Å². The van der Waals surface area contributed by atoms with E-state index in [1.54, 1.807) is 6.92 Å². The molecule has 0 aromatic heterocycles. The highest BCUT2D eigenvalue weighted by Crippen LogP contribution is 1.94. The SMILES string of the molecule is CCOC(=O)CCCOCCOCCOC(C)C. The third kappa shape index (κ3) is 13.4. The fourth-order valence-corrected chi connectivity index (χ4v) is 1.22. The lowest BCUT2D eigenvalue weighted by Crippen LogP contribution is -2.12. The molecule has 0 aliphatic heterocycles. The van der Waals surface area contributed by atoms with Crippen LogP contribution < -0.4 is 0 Å². The van der Waals surface area contributed by atoms with Crippen LogP contribution >= 0.6 is 0 Å². The van der Waals surface area contributed by atoms with Crippen LogP contribution in [0, 0.1) is 0 Å². The molecular weight excluding hydrogens is 236 g/mol. The van der Waals surface area contributed by atoms with Crippen LogP contribution in [0.1, 0.15) is 33.6 Å². The predicted molar refractivity (Wildman–Crippen MR) is 68.6 cm³/mol. The maximum Gasteiger partial charge on any atom is 0.305 e. The van der Waals surface area contributed by atoms with Crippen LogP contribution in [0.5, 0.6) is 0 Å². The van der Waals surface area contributed by atoms with Crippen molar-refractivity contribution in [3.63, 3.8) is 0 Å². The lowest BCUT2D eigenvalue weighted by molar-refractivity contribution is -0.143. The average Bonchev–Trinajstić information content (AvgIpc) is 2.31. The smallest absolute Gasteiger partial charge is 0.305 e. The Hall–Kier alpha value is -0.650. The van der Waals surface area contributed by atoms with Gasteiger partial charge in [-0.2, -0.15) is 0 Å². The lowest BCUT2D eigenvalue weighted by Gasteiger charge is -2.08. The number of carbonyl (C=O) groups excluding carboxylic acids is 1. The molecule has 0 aliphatic carbocycles. The topological polar surface area (TPSA) is 54.0 Å². The molecule has 0 saturated heterocycles. The lowest BCUT2D eigenvalue weighted by atomic mass is 10.3. The number of esters is 1. The van der Waals surface area contributed by atoms with Crippen molar-refractivity contribution in [2.24, 2.45) is 0 Å². The average molecular weight is 262 g/mol. The summed E-state index contributed by atoms with van der Waals surface area (Å²) in [7, 11) is 0. The van der Waals surface area contributed by atoms with Gasteiger partial charge in [0, 0.05) is 13.0 Å². The standard InChI is InChI=1S/C13H26O5/c1-4-17-13(14)6-5-7-15-8-9-16-10-11-18-12(2)3/h12H,4-11H2,1-3H3. The molecule has 0 radical (unpaired) electrons. The molecule has 0 spiro atoms. The first-order valence-electron chi connectivity index (χ1n) is 6.59. The van der Waals surface area contributed by atoms with Gasteiger partial charge in [0.25, 0.3) is 0 Å². The van der Waals surface area contributed by atoms with Crippen LogP contribution in [0.25, 0.3) is 0 Å². The molecule has 0 bridgehead atoms. The normalized spacial score (nSPS) is 10.9. The van der Waals surface area contributed by atoms with Crippen molar-refractivity contribution in [2.45, 2.75) is 39.7 Å². The Morgan fingerprint density at radius 2 is 1.61 bits per heavy atom. The Morgan fingerprint density at radius 1 is 1.00 bits per heavy atom. The van der Waals surface area contributed by atoms with Crippen molar-refractivity contribution in [1.82, 2.24) is 0 Å². The van der Waals surface area contributed by atoms with Gasteiger partial charge in [0.1, 0.15) is 0 Å². The van der Waals surface area contributed by atoms with E-state index in [0.717, 1.165) is 0 Å². The molecule has 108 valence electrons. The van der Waals surface area contributed by atoms with Gasteiger partial charge in [0.05, 0.1) is 39.1 Å². The van der Waals surface area contributed by atoms with Gasteiger partial charge >= 0.3 is 5.97 Å². The van der Waals surface area contributed by atoms with Crippen LogP contribution in [-0.4, -0.2) is 51.7 Å². The summed E-state index contributed by atoms with van der Waals surface area (Å²) < 4.78 is 20.7. The van der Waals surface area contributed by atoms with E-state index >= 15 is 0 Å². The zero-order valence-corrected chi connectivity index (χ0v) is 11.8. The van der Waals surface area contributed by atoms with E-state index in [4.69, 9.17) is 18.9 Å². The Kier molecular flexibility index (Phi) is 12.3. The largest absolute Gasteiger partial charge is 0.466 e. The number of rotatable bonds is 12. The molecular formula is C13H26O5. The second kappa shape index (κ2) is 12.8. The molecule has 0 heterocycles. The van der Waals surface area contributed by atoms with Gasteiger partial charge in [-0.25, -0.2) is 0 Å². The molecule has 0 unspecified atom stereocenters. The Bertz CT molecular complexity index is 194. The Labute approximate surface area is 110 Å². The van der Waals surface area contributed by atoms with Crippen molar-refractivity contribution >= 4 is 5.97 Å². The molecule has 5 heteroatoms. The monoisotopic (exact) mass is 262 g/mol. The summed E-state index contributed by atoms with van der Waals surface area (Å²) >= 11 is 0. The van der Waals surface area contributed by atoms with Crippen molar-refractivity contribution in [2.75, 3.05) is 39.6 Å². The minimum Gasteiger partial charge on any atom is -0.466 e. The maximum absolute atomic E-state index is 11.0. The first-order chi connectivity index (χ1) is 8.66. The molecule has 0 saturated carbocycles. The van der Waals surface area contributed by atoms with Gasteiger partial charge in [-0.1, -0.05) is 0 Å². The maximum atomic E-state index is 11.0. The molecule has 0 N–H and O–H groups in total. The molecule has 0 amide bonds. The van der Waals surface area contributed by atoms with Crippen LogP contribution in [0.2, 0.25) is 0 Å². The van der Waals surface area contributed by atoms with Gasteiger partial charge in [-0.05, 0) is 27.2 Å². The number of hydrogen-bond acceptors (Lipinski definition) is 5. The molecule has 0 aliphatic rings. The van der Waals surface area contributed by atoms with E-state index in [1.807, 2.05) is 13.8 Å². The zero-order valence-electron chi connectivity index (χ0n) is 11.8. The second-order valence-electron chi connectivity index (χ2n) is 4.05. The van der Waals surface area contributed by atoms with E-state index in [0.29, 0.717) is 52.5 Å². The second-order valence-corrected chi connectivity index (χ2v) is 4.05. The van der Waals surface area contributed by atoms with Gasteiger partial charge < -0.3 is 18.9 Å². The Morgan fingerprint density at radius 3 is 2.22 bits per heavy atom. The van der Waals surface area contributed by atoms with E-state index in [-0.39, 0.29) is 12.1 Å². The number of ether oxygens (including phenoxy) is 4. The first-order valence-corrected chi connectivity index (χ1v) is 6.59. The Balaban J connectivity index is 3.05. The van der Waals surface area contributed by atoms with Gasteiger partial charge in [0.2, 0.25) is 0 Å². The van der Waals surface area contributed by atoms with Crippen molar-refractivity contribution in [3.05, 3.63) is 0 Å².